The maximum Gasteiger partial charge on any atom is 0.416 e. The summed E-state index contributed by atoms with van der Waals surface area (Å²) in [6.07, 6.45) is -9.40. The third-order valence-corrected chi connectivity index (χ3v) is 11.9. The highest BCUT2D eigenvalue weighted by molar-refractivity contribution is 6.12. The molecular formula is C54H33F6N5. The molecule has 5 nitrogen and oxygen atoms in total. The highest BCUT2D eigenvalue weighted by Gasteiger charge is 2.34. The van der Waals surface area contributed by atoms with Gasteiger partial charge in [-0.05, 0) is 79.7 Å². The lowest BCUT2D eigenvalue weighted by Gasteiger charge is -2.21. The molecule has 0 aliphatic rings. The van der Waals surface area contributed by atoms with Crippen molar-refractivity contribution in [3.05, 3.63) is 199 Å². The van der Waals surface area contributed by atoms with Crippen LogP contribution in [0, 0.1) is 6.92 Å². The van der Waals surface area contributed by atoms with Crippen LogP contribution in [-0.2, 0) is 12.4 Å². The molecule has 0 radical (unpaired) electrons. The number of hydrogen-bond donors (Lipinski definition) is 0. The number of rotatable bonds is 6. The van der Waals surface area contributed by atoms with Crippen molar-refractivity contribution >= 4 is 43.6 Å². The van der Waals surface area contributed by atoms with Crippen molar-refractivity contribution in [2.75, 3.05) is 0 Å². The number of fused-ring (bicyclic) bond motifs is 6. The van der Waals surface area contributed by atoms with Crippen molar-refractivity contribution in [3.63, 3.8) is 0 Å². The van der Waals surface area contributed by atoms with Crippen LogP contribution in [0.3, 0.4) is 0 Å². The summed E-state index contributed by atoms with van der Waals surface area (Å²) in [6, 6.07) is 52.6. The summed E-state index contributed by atoms with van der Waals surface area (Å²) >= 11 is 0. The maximum absolute atomic E-state index is 14.9. The normalized spacial score (nSPS) is 12.2. The Morgan fingerprint density at radius 2 is 0.815 bits per heavy atom. The average molecular weight is 866 g/mol. The Hall–Kier alpha value is -8.05. The summed E-state index contributed by atoms with van der Waals surface area (Å²) in [5, 5.41) is 2.67. The molecule has 0 fully saturated rings. The van der Waals surface area contributed by atoms with Gasteiger partial charge < -0.3 is 9.13 Å². The van der Waals surface area contributed by atoms with Crippen LogP contribution in [0.5, 0.6) is 0 Å². The predicted molar refractivity (Wildman–Crippen MR) is 245 cm³/mol. The van der Waals surface area contributed by atoms with Gasteiger partial charge in [0.15, 0.2) is 17.5 Å². The summed E-state index contributed by atoms with van der Waals surface area (Å²) in [5.41, 5.74) is 5.49. The lowest BCUT2D eigenvalue weighted by molar-refractivity contribution is -0.138. The zero-order valence-electron chi connectivity index (χ0n) is 34.3. The number of aromatic nitrogens is 5. The van der Waals surface area contributed by atoms with Crippen LogP contribution in [0.2, 0.25) is 0 Å². The molecule has 0 atom stereocenters. The maximum atomic E-state index is 14.9. The van der Waals surface area contributed by atoms with Gasteiger partial charge in [-0.3, -0.25) is 0 Å². The van der Waals surface area contributed by atoms with Gasteiger partial charge in [-0.2, -0.15) is 26.3 Å². The van der Waals surface area contributed by atoms with Gasteiger partial charge in [0.05, 0.1) is 44.6 Å². The van der Waals surface area contributed by atoms with Gasteiger partial charge in [0, 0.05) is 49.4 Å². The molecular weight excluding hydrogens is 833 g/mol. The van der Waals surface area contributed by atoms with Gasteiger partial charge in [-0.25, -0.2) is 15.0 Å². The number of halogens is 6. The monoisotopic (exact) mass is 865 g/mol. The molecule has 11 aromatic rings. The molecule has 3 aromatic heterocycles. The first-order valence-electron chi connectivity index (χ1n) is 20.7. The molecule has 11 heteroatoms. The van der Waals surface area contributed by atoms with Crippen molar-refractivity contribution in [1.82, 2.24) is 24.1 Å². The van der Waals surface area contributed by atoms with Crippen molar-refractivity contribution in [2.45, 2.75) is 19.3 Å². The van der Waals surface area contributed by atoms with Crippen molar-refractivity contribution in [1.29, 1.82) is 0 Å². The minimum Gasteiger partial charge on any atom is -0.309 e. The van der Waals surface area contributed by atoms with Gasteiger partial charge in [0.25, 0.3) is 0 Å². The standard InChI is InChI=1S/C54H33F6N5/c1-32-20-25-46-41(28-32)38-16-8-10-18-44(38)64(46)47-26-21-35(52-62-50(33-12-4-2-5-13-33)61-51(63-52)34-14-6-3-7-15-34)29-42(47)40-24-22-37(54(58,59)60)31-49(40)65-45-19-11-9-17-39(45)43-30-36(53(55,56)57)23-27-48(43)65/h2-31H,1H3. The second kappa shape index (κ2) is 15.0. The molecule has 0 saturated carbocycles. The minimum atomic E-state index is -4.75. The zero-order chi connectivity index (χ0) is 44.6. The lowest BCUT2D eigenvalue weighted by Crippen LogP contribution is -2.08. The van der Waals surface area contributed by atoms with Crippen LogP contribution in [0.25, 0.3) is 100 Å². The van der Waals surface area contributed by atoms with E-state index < -0.39 is 23.5 Å². The average Bonchev–Trinajstić information content (AvgIpc) is 3.83. The van der Waals surface area contributed by atoms with Crippen LogP contribution in [0.15, 0.2) is 182 Å². The molecule has 0 spiro atoms. The molecule has 0 N–H and O–H groups in total. The Labute approximate surface area is 367 Å². The Balaban J connectivity index is 1.26. The second-order valence-electron chi connectivity index (χ2n) is 16.0. The van der Waals surface area contributed by atoms with E-state index in [0.29, 0.717) is 56.3 Å². The van der Waals surface area contributed by atoms with Crippen LogP contribution in [-0.4, -0.2) is 24.1 Å². The molecule has 0 aliphatic heterocycles. The van der Waals surface area contributed by atoms with E-state index in [1.54, 1.807) is 28.8 Å². The fourth-order valence-electron chi connectivity index (χ4n) is 8.90. The van der Waals surface area contributed by atoms with Gasteiger partial charge in [0.2, 0.25) is 0 Å². The quantitative estimate of drug-likeness (QED) is 0.156. The fourth-order valence-corrected chi connectivity index (χ4v) is 8.90. The van der Waals surface area contributed by atoms with Crippen molar-refractivity contribution < 1.29 is 26.3 Å². The third-order valence-electron chi connectivity index (χ3n) is 11.9. The van der Waals surface area contributed by atoms with E-state index in [4.69, 9.17) is 15.0 Å². The van der Waals surface area contributed by atoms with Crippen LogP contribution < -0.4 is 0 Å². The van der Waals surface area contributed by atoms with E-state index in [0.717, 1.165) is 62.8 Å². The van der Waals surface area contributed by atoms with E-state index in [9.17, 15) is 26.3 Å². The second-order valence-corrected chi connectivity index (χ2v) is 16.0. The fraction of sp³-hybridized carbons (Fsp3) is 0.0556. The summed E-state index contributed by atoms with van der Waals surface area (Å²) in [7, 11) is 0. The number of alkyl halides is 6. The number of benzene rings is 8. The van der Waals surface area contributed by atoms with Crippen LogP contribution in [0.1, 0.15) is 16.7 Å². The van der Waals surface area contributed by atoms with Crippen molar-refractivity contribution in [2.24, 2.45) is 0 Å². The number of aryl methyl sites for hydroxylation is 1. The van der Waals surface area contributed by atoms with Gasteiger partial charge in [-0.15, -0.1) is 0 Å². The SMILES string of the molecule is Cc1ccc2c(c1)c1ccccc1n2-c1ccc(-c2nc(-c3ccccc3)nc(-c3ccccc3)n2)cc1-c1ccc(C(F)(F)F)cc1-n1c2ccccc2c2cc(C(F)(F)F)ccc21. The van der Waals surface area contributed by atoms with E-state index in [1.165, 1.54) is 12.1 Å². The summed E-state index contributed by atoms with van der Waals surface area (Å²) in [6.45, 7) is 2.02. The molecule has 0 bridgehead atoms. The van der Waals surface area contributed by atoms with E-state index >= 15 is 0 Å². The lowest BCUT2D eigenvalue weighted by atomic mass is 9.96. The molecule has 0 unspecified atom stereocenters. The van der Waals surface area contributed by atoms with E-state index in [2.05, 4.69) is 10.6 Å². The third kappa shape index (κ3) is 6.87. The molecule has 65 heavy (non-hydrogen) atoms. The highest BCUT2D eigenvalue weighted by atomic mass is 19.4. The Morgan fingerprint density at radius 1 is 0.354 bits per heavy atom. The number of hydrogen-bond acceptors (Lipinski definition) is 3. The minimum absolute atomic E-state index is 0.117. The first-order valence-corrected chi connectivity index (χ1v) is 20.7. The van der Waals surface area contributed by atoms with Crippen LogP contribution >= 0.6 is 0 Å². The smallest absolute Gasteiger partial charge is 0.309 e. The van der Waals surface area contributed by atoms with E-state index in [-0.39, 0.29) is 11.1 Å². The number of nitrogens with zero attached hydrogens (tertiary/aromatic N) is 5. The van der Waals surface area contributed by atoms with Gasteiger partial charge in [0.1, 0.15) is 0 Å². The molecule has 0 aliphatic carbocycles. The Bertz CT molecular complexity index is 3590. The predicted octanol–water partition coefficient (Wildman–Crippen LogP) is 15.1. The first-order chi connectivity index (χ1) is 31.4. The highest BCUT2D eigenvalue weighted by Crippen LogP contribution is 2.45. The van der Waals surface area contributed by atoms with Gasteiger partial charge >= 0.3 is 12.4 Å². The Morgan fingerprint density at radius 3 is 1.40 bits per heavy atom. The molecule has 0 saturated heterocycles. The summed E-state index contributed by atoms with van der Waals surface area (Å²) < 4.78 is 91.1. The van der Waals surface area contributed by atoms with Crippen LogP contribution in [0.4, 0.5) is 26.3 Å². The molecule has 0 amide bonds. The summed E-state index contributed by atoms with van der Waals surface area (Å²) in [4.78, 5) is 14.8. The topological polar surface area (TPSA) is 48.5 Å². The van der Waals surface area contributed by atoms with Crippen molar-refractivity contribution in [3.8, 4) is 56.7 Å². The van der Waals surface area contributed by atoms with E-state index in [1.807, 2.05) is 122 Å². The molecule has 3 heterocycles. The first kappa shape index (κ1) is 39.8. The number of para-hydroxylation sites is 2. The molecule has 11 rings (SSSR count). The van der Waals surface area contributed by atoms with Gasteiger partial charge in [-0.1, -0.05) is 115 Å². The Kier molecular flexibility index (Phi) is 9.21. The largest absolute Gasteiger partial charge is 0.416 e. The molecule has 316 valence electrons. The summed E-state index contributed by atoms with van der Waals surface area (Å²) in [5.74, 6) is 1.18. The zero-order valence-corrected chi connectivity index (χ0v) is 34.3. The molecule has 8 aromatic carbocycles.